The van der Waals surface area contributed by atoms with Crippen LogP contribution in [-0.4, -0.2) is 37.3 Å². The number of fused-ring (bicyclic) bond motifs is 1. The minimum Gasteiger partial charge on any atom is -0.465 e. The minimum absolute atomic E-state index is 0.00644. The van der Waals surface area contributed by atoms with Crippen molar-refractivity contribution in [3.05, 3.63) is 17.7 Å². The number of imidazole rings is 1. The lowest BCUT2D eigenvalue weighted by Crippen LogP contribution is -2.39. The Hall–Kier alpha value is -1.56. The number of nitrogens with zero attached hydrogens (tertiary/aromatic N) is 3. The van der Waals surface area contributed by atoms with Crippen LogP contribution >= 0.6 is 0 Å². The highest BCUT2D eigenvalue weighted by atomic mass is 16.4. The van der Waals surface area contributed by atoms with Crippen molar-refractivity contribution in [2.45, 2.75) is 32.5 Å². The SMILES string of the molecule is CC(O)c1ncc2n1[C@@H](C)CN(C(=O)O)C2. The first kappa shape index (κ1) is 10.9. The van der Waals surface area contributed by atoms with E-state index in [1.165, 1.54) is 4.90 Å². The van der Waals surface area contributed by atoms with Crippen molar-refractivity contribution < 1.29 is 15.0 Å². The molecule has 0 radical (unpaired) electrons. The Morgan fingerprint density at radius 1 is 1.69 bits per heavy atom. The summed E-state index contributed by atoms with van der Waals surface area (Å²) in [6.07, 6.45) is 0.0821. The topological polar surface area (TPSA) is 78.6 Å². The molecule has 0 saturated heterocycles. The van der Waals surface area contributed by atoms with Gasteiger partial charge in [-0.3, -0.25) is 0 Å². The van der Waals surface area contributed by atoms with Gasteiger partial charge in [0.15, 0.2) is 0 Å². The van der Waals surface area contributed by atoms with E-state index in [9.17, 15) is 9.90 Å². The van der Waals surface area contributed by atoms with E-state index in [0.29, 0.717) is 18.9 Å². The van der Waals surface area contributed by atoms with E-state index in [1.807, 2.05) is 11.5 Å². The maximum atomic E-state index is 10.9. The molecule has 88 valence electrons. The quantitative estimate of drug-likeness (QED) is 0.747. The van der Waals surface area contributed by atoms with E-state index in [4.69, 9.17) is 5.11 Å². The predicted octanol–water partition coefficient (Wildman–Crippen LogP) is 0.991. The number of aliphatic hydroxyl groups is 1. The maximum absolute atomic E-state index is 10.9. The van der Waals surface area contributed by atoms with Gasteiger partial charge in [0.05, 0.1) is 24.5 Å². The Labute approximate surface area is 93.1 Å². The molecule has 2 N–H and O–H groups in total. The molecule has 6 nitrogen and oxygen atoms in total. The van der Waals surface area contributed by atoms with E-state index >= 15 is 0 Å². The van der Waals surface area contributed by atoms with E-state index in [-0.39, 0.29) is 6.04 Å². The zero-order chi connectivity index (χ0) is 11.9. The zero-order valence-electron chi connectivity index (χ0n) is 9.29. The standard InChI is InChI=1S/C10H15N3O3/c1-6-4-12(10(15)16)5-8-3-11-9(7(2)14)13(6)8/h3,6-7,14H,4-5H2,1-2H3,(H,15,16)/t6-,7?/m0/s1. The third-order valence-corrected chi connectivity index (χ3v) is 2.82. The van der Waals surface area contributed by atoms with Crippen molar-refractivity contribution >= 4 is 6.09 Å². The molecular weight excluding hydrogens is 210 g/mol. The summed E-state index contributed by atoms with van der Waals surface area (Å²) in [5.41, 5.74) is 0.831. The fraction of sp³-hybridized carbons (Fsp3) is 0.600. The number of aliphatic hydroxyl groups excluding tert-OH is 1. The summed E-state index contributed by atoms with van der Waals surface area (Å²) >= 11 is 0. The van der Waals surface area contributed by atoms with Crippen LogP contribution in [-0.2, 0) is 6.54 Å². The van der Waals surface area contributed by atoms with Gasteiger partial charge in [0, 0.05) is 6.54 Å². The Balaban J connectivity index is 2.36. The second-order valence-electron chi connectivity index (χ2n) is 4.17. The van der Waals surface area contributed by atoms with Gasteiger partial charge < -0.3 is 19.7 Å². The van der Waals surface area contributed by atoms with Gasteiger partial charge in [0.25, 0.3) is 0 Å². The number of hydrogen-bond acceptors (Lipinski definition) is 3. The van der Waals surface area contributed by atoms with Crippen LogP contribution in [0.15, 0.2) is 6.20 Å². The van der Waals surface area contributed by atoms with Crippen LogP contribution in [0.4, 0.5) is 4.79 Å². The van der Waals surface area contributed by atoms with Gasteiger partial charge in [0.2, 0.25) is 0 Å². The average Bonchev–Trinajstić information content (AvgIpc) is 2.61. The Kier molecular flexibility index (Phi) is 2.59. The smallest absolute Gasteiger partial charge is 0.407 e. The second-order valence-corrected chi connectivity index (χ2v) is 4.17. The van der Waals surface area contributed by atoms with Gasteiger partial charge in [0.1, 0.15) is 11.9 Å². The fourth-order valence-electron chi connectivity index (χ4n) is 2.15. The molecule has 1 unspecified atom stereocenters. The van der Waals surface area contributed by atoms with E-state index in [1.54, 1.807) is 13.1 Å². The molecule has 0 saturated carbocycles. The summed E-state index contributed by atoms with van der Waals surface area (Å²) in [5, 5.41) is 18.5. The molecule has 2 atom stereocenters. The molecule has 6 heteroatoms. The first-order chi connectivity index (χ1) is 7.50. The van der Waals surface area contributed by atoms with Crippen LogP contribution in [0.1, 0.15) is 37.5 Å². The molecule has 1 amide bonds. The predicted molar refractivity (Wildman–Crippen MR) is 56.0 cm³/mol. The molecule has 2 rings (SSSR count). The van der Waals surface area contributed by atoms with Crippen molar-refractivity contribution in [2.75, 3.05) is 6.54 Å². The van der Waals surface area contributed by atoms with Crippen molar-refractivity contribution in [2.24, 2.45) is 0 Å². The average molecular weight is 225 g/mol. The van der Waals surface area contributed by atoms with E-state index < -0.39 is 12.2 Å². The van der Waals surface area contributed by atoms with Crippen LogP contribution < -0.4 is 0 Å². The number of rotatable bonds is 1. The molecule has 0 fully saturated rings. The minimum atomic E-state index is -0.919. The first-order valence-electron chi connectivity index (χ1n) is 5.22. The van der Waals surface area contributed by atoms with E-state index in [0.717, 1.165) is 5.69 Å². The summed E-state index contributed by atoms with van der Waals surface area (Å²) in [4.78, 5) is 16.4. The van der Waals surface area contributed by atoms with Crippen LogP contribution in [0.3, 0.4) is 0 Å². The van der Waals surface area contributed by atoms with Crippen LogP contribution in [0, 0.1) is 0 Å². The number of carboxylic acid groups (broad SMARTS) is 1. The maximum Gasteiger partial charge on any atom is 0.407 e. The summed E-state index contributed by atoms with van der Waals surface area (Å²) in [7, 11) is 0. The van der Waals surface area contributed by atoms with Crippen LogP contribution in [0.2, 0.25) is 0 Å². The van der Waals surface area contributed by atoms with Gasteiger partial charge in [-0.1, -0.05) is 0 Å². The molecule has 0 spiro atoms. The summed E-state index contributed by atoms with van der Waals surface area (Å²) in [6, 6.07) is 0.00644. The lowest BCUT2D eigenvalue weighted by atomic mass is 10.2. The zero-order valence-corrected chi connectivity index (χ0v) is 9.29. The van der Waals surface area contributed by atoms with Crippen molar-refractivity contribution in [1.82, 2.24) is 14.5 Å². The molecular formula is C10H15N3O3. The van der Waals surface area contributed by atoms with Gasteiger partial charge in [-0.25, -0.2) is 9.78 Å². The number of amides is 1. The summed E-state index contributed by atoms with van der Waals surface area (Å²) in [5.74, 6) is 0.604. The first-order valence-corrected chi connectivity index (χ1v) is 5.22. The van der Waals surface area contributed by atoms with Crippen LogP contribution in [0.5, 0.6) is 0 Å². The Morgan fingerprint density at radius 3 is 2.94 bits per heavy atom. The lowest BCUT2D eigenvalue weighted by Gasteiger charge is -2.32. The molecule has 0 aromatic carbocycles. The third-order valence-electron chi connectivity index (χ3n) is 2.82. The summed E-state index contributed by atoms with van der Waals surface area (Å²) in [6.45, 7) is 4.34. The fourth-order valence-corrected chi connectivity index (χ4v) is 2.15. The monoisotopic (exact) mass is 225 g/mol. The number of hydrogen-bond donors (Lipinski definition) is 2. The highest BCUT2D eigenvalue weighted by Gasteiger charge is 2.28. The van der Waals surface area contributed by atoms with Crippen LogP contribution in [0.25, 0.3) is 0 Å². The van der Waals surface area contributed by atoms with Gasteiger partial charge in [-0.2, -0.15) is 0 Å². The van der Waals surface area contributed by atoms with Gasteiger partial charge >= 0.3 is 6.09 Å². The largest absolute Gasteiger partial charge is 0.465 e. The lowest BCUT2D eigenvalue weighted by molar-refractivity contribution is 0.120. The second kappa shape index (κ2) is 3.79. The van der Waals surface area contributed by atoms with E-state index in [2.05, 4.69) is 4.98 Å². The summed E-state index contributed by atoms with van der Waals surface area (Å²) < 4.78 is 1.92. The molecule has 1 aromatic rings. The number of carbonyl (C=O) groups is 1. The van der Waals surface area contributed by atoms with Crippen molar-refractivity contribution in [1.29, 1.82) is 0 Å². The third kappa shape index (κ3) is 1.65. The highest BCUT2D eigenvalue weighted by molar-refractivity contribution is 5.65. The highest BCUT2D eigenvalue weighted by Crippen LogP contribution is 2.25. The Morgan fingerprint density at radius 2 is 2.38 bits per heavy atom. The van der Waals surface area contributed by atoms with Gasteiger partial charge in [-0.15, -0.1) is 0 Å². The molecule has 0 aliphatic carbocycles. The normalized spacial score (nSPS) is 21.7. The molecule has 2 heterocycles. The molecule has 1 aromatic heterocycles. The molecule has 16 heavy (non-hydrogen) atoms. The molecule has 0 bridgehead atoms. The van der Waals surface area contributed by atoms with Gasteiger partial charge in [-0.05, 0) is 13.8 Å². The molecule has 1 aliphatic rings. The molecule has 1 aliphatic heterocycles. The Bertz CT molecular complexity index is 413. The number of aromatic nitrogens is 2. The van der Waals surface area contributed by atoms with Crippen molar-refractivity contribution in [3.8, 4) is 0 Å². The van der Waals surface area contributed by atoms with Crippen molar-refractivity contribution in [3.63, 3.8) is 0 Å².